The van der Waals surface area contributed by atoms with Gasteiger partial charge in [0.25, 0.3) is 0 Å². The molecule has 0 aliphatic heterocycles. The summed E-state index contributed by atoms with van der Waals surface area (Å²) in [6, 6.07) is 1.81. The maximum absolute atomic E-state index is 13.2. The minimum Gasteiger partial charge on any atom is -0.480 e. The van der Waals surface area contributed by atoms with Crippen molar-refractivity contribution in [1.29, 1.82) is 0 Å². The Morgan fingerprint density at radius 1 is 1.37 bits per heavy atom. The van der Waals surface area contributed by atoms with Crippen LogP contribution in [0.2, 0.25) is 0 Å². The fourth-order valence-corrected chi connectivity index (χ4v) is 1.37. The molecule has 0 bridgehead atoms. The highest BCUT2D eigenvalue weighted by Gasteiger charge is 2.24. The molecule has 2 atom stereocenters. The Hall–Kier alpha value is -2.15. The molecule has 6 nitrogen and oxygen atoms in total. The number of rotatable bonds is 4. The highest BCUT2D eigenvalue weighted by molar-refractivity contribution is 5.92. The topological polar surface area (TPSA) is 98.7 Å². The zero-order valence-electron chi connectivity index (χ0n) is 10.5. The third-order valence-corrected chi connectivity index (χ3v) is 2.46. The number of carboxylic acids is 1. The van der Waals surface area contributed by atoms with E-state index in [0.717, 1.165) is 6.07 Å². The van der Waals surface area contributed by atoms with Gasteiger partial charge >= 0.3 is 12.0 Å². The van der Waals surface area contributed by atoms with E-state index in [-0.39, 0.29) is 5.69 Å². The molecule has 2 unspecified atom stereocenters. The predicted molar refractivity (Wildman–Crippen MR) is 66.4 cm³/mol. The number of aliphatic hydroxyl groups excluding tert-OH is 1. The molecule has 2 amide bonds. The van der Waals surface area contributed by atoms with E-state index in [1.165, 1.54) is 19.1 Å². The Balaban J connectivity index is 2.69. The van der Waals surface area contributed by atoms with Gasteiger partial charge < -0.3 is 20.8 Å². The van der Waals surface area contributed by atoms with E-state index in [0.29, 0.717) is 5.56 Å². The van der Waals surface area contributed by atoms with E-state index in [1.807, 2.05) is 0 Å². The SMILES string of the molecule is Cc1ccc(NC(=O)NC(C(=O)O)C(C)O)cc1F. The van der Waals surface area contributed by atoms with Gasteiger partial charge in [-0.3, -0.25) is 0 Å². The summed E-state index contributed by atoms with van der Waals surface area (Å²) >= 11 is 0. The van der Waals surface area contributed by atoms with Crippen LogP contribution in [0.4, 0.5) is 14.9 Å². The normalized spacial score (nSPS) is 13.5. The van der Waals surface area contributed by atoms with Gasteiger partial charge in [-0.05, 0) is 31.5 Å². The summed E-state index contributed by atoms with van der Waals surface area (Å²) < 4.78 is 13.2. The Bertz CT molecular complexity index is 491. The maximum Gasteiger partial charge on any atom is 0.328 e. The van der Waals surface area contributed by atoms with E-state index in [4.69, 9.17) is 5.11 Å². The van der Waals surface area contributed by atoms with Crippen LogP contribution in [0.5, 0.6) is 0 Å². The number of aryl methyl sites for hydroxylation is 1. The molecule has 0 fully saturated rings. The molecule has 0 aliphatic carbocycles. The van der Waals surface area contributed by atoms with Crippen molar-refractivity contribution in [3.8, 4) is 0 Å². The van der Waals surface area contributed by atoms with Crippen LogP contribution >= 0.6 is 0 Å². The molecule has 0 aliphatic rings. The monoisotopic (exact) mass is 270 g/mol. The number of halogens is 1. The van der Waals surface area contributed by atoms with Crippen LogP contribution in [-0.2, 0) is 4.79 Å². The van der Waals surface area contributed by atoms with Crippen LogP contribution in [0.3, 0.4) is 0 Å². The lowest BCUT2D eigenvalue weighted by atomic mass is 10.2. The van der Waals surface area contributed by atoms with Crippen molar-refractivity contribution in [2.75, 3.05) is 5.32 Å². The van der Waals surface area contributed by atoms with Crippen molar-refractivity contribution in [3.05, 3.63) is 29.6 Å². The molecule has 1 aromatic carbocycles. The maximum atomic E-state index is 13.2. The zero-order chi connectivity index (χ0) is 14.6. The van der Waals surface area contributed by atoms with Crippen LogP contribution in [0.15, 0.2) is 18.2 Å². The summed E-state index contributed by atoms with van der Waals surface area (Å²) in [5, 5.41) is 22.3. The average molecular weight is 270 g/mol. The third-order valence-electron chi connectivity index (χ3n) is 2.46. The van der Waals surface area contributed by atoms with Crippen molar-refractivity contribution in [3.63, 3.8) is 0 Å². The molecule has 0 aromatic heterocycles. The molecule has 1 rings (SSSR count). The molecule has 0 spiro atoms. The van der Waals surface area contributed by atoms with Crippen molar-refractivity contribution in [2.24, 2.45) is 0 Å². The summed E-state index contributed by atoms with van der Waals surface area (Å²) in [6.45, 7) is 2.82. The average Bonchev–Trinajstić information content (AvgIpc) is 2.30. The molecular weight excluding hydrogens is 255 g/mol. The van der Waals surface area contributed by atoms with Crippen LogP contribution < -0.4 is 10.6 Å². The van der Waals surface area contributed by atoms with Gasteiger partial charge in [0.1, 0.15) is 5.82 Å². The van der Waals surface area contributed by atoms with Gasteiger partial charge in [0.05, 0.1) is 6.10 Å². The molecule has 0 saturated carbocycles. The minimum atomic E-state index is -1.43. The standard InChI is InChI=1S/C12H15FN2O4/c1-6-3-4-8(5-9(6)13)14-12(19)15-10(7(2)16)11(17)18/h3-5,7,10,16H,1-2H3,(H,17,18)(H2,14,15,19). The van der Waals surface area contributed by atoms with E-state index >= 15 is 0 Å². The number of urea groups is 1. The Kier molecular flexibility index (Phi) is 4.82. The molecular formula is C12H15FN2O4. The summed E-state index contributed by atoms with van der Waals surface area (Å²) in [7, 11) is 0. The number of carbonyl (C=O) groups is 2. The van der Waals surface area contributed by atoms with Crippen molar-refractivity contribution in [2.45, 2.75) is 26.0 Å². The number of benzene rings is 1. The van der Waals surface area contributed by atoms with Crippen molar-refractivity contribution < 1.29 is 24.2 Å². The minimum absolute atomic E-state index is 0.190. The highest BCUT2D eigenvalue weighted by Crippen LogP contribution is 2.13. The predicted octanol–water partition coefficient (Wildman–Crippen LogP) is 1.09. The van der Waals surface area contributed by atoms with Crippen LogP contribution in [0.1, 0.15) is 12.5 Å². The lowest BCUT2D eigenvalue weighted by Crippen LogP contribution is -2.49. The van der Waals surface area contributed by atoms with E-state index in [1.54, 1.807) is 6.92 Å². The third kappa shape index (κ3) is 4.22. The molecule has 0 heterocycles. The highest BCUT2D eigenvalue weighted by atomic mass is 19.1. The van der Waals surface area contributed by atoms with Gasteiger partial charge in [-0.1, -0.05) is 6.07 Å². The van der Waals surface area contributed by atoms with Gasteiger partial charge in [0.15, 0.2) is 6.04 Å². The zero-order valence-corrected chi connectivity index (χ0v) is 10.5. The first-order chi connectivity index (χ1) is 8.81. The molecule has 19 heavy (non-hydrogen) atoms. The molecule has 7 heteroatoms. The number of amides is 2. The number of hydrogen-bond donors (Lipinski definition) is 4. The number of aliphatic hydroxyl groups is 1. The Labute approximate surface area is 109 Å². The quantitative estimate of drug-likeness (QED) is 0.658. The van der Waals surface area contributed by atoms with Crippen LogP contribution in [0.25, 0.3) is 0 Å². The molecule has 0 saturated heterocycles. The molecule has 1 aromatic rings. The Morgan fingerprint density at radius 3 is 2.47 bits per heavy atom. The lowest BCUT2D eigenvalue weighted by molar-refractivity contribution is -0.141. The number of carboxylic acid groups (broad SMARTS) is 1. The van der Waals surface area contributed by atoms with Crippen LogP contribution in [-0.4, -0.2) is 34.4 Å². The molecule has 4 N–H and O–H groups in total. The summed E-state index contributed by atoms with van der Waals surface area (Å²) in [6.07, 6.45) is -1.25. The van der Waals surface area contributed by atoms with E-state index < -0.39 is 30.0 Å². The smallest absolute Gasteiger partial charge is 0.328 e. The van der Waals surface area contributed by atoms with Crippen LogP contribution in [0, 0.1) is 12.7 Å². The first-order valence-electron chi connectivity index (χ1n) is 5.56. The van der Waals surface area contributed by atoms with Crippen molar-refractivity contribution in [1.82, 2.24) is 5.32 Å². The fourth-order valence-electron chi connectivity index (χ4n) is 1.37. The summed E-state index contributed by atoms with van der Waals surface area (Å²) in [5.41, 5.74) is 0.619. The number of aliphatic carboxylic acids is 1. The summed E-state index contributed by atoms with van der Waals surface area (Å²) in [5.74, 6) is -1.84. The van der Waals surface area contributed by atoms with Gasteiger partial charge in [-0.2, -0.15) is 0 Å². The fraction of sp³-hybridized carbons (Fsp3) is 0.333. The first-order valence-corrected chi connectivity index (χ1v) is 5.56. The lowest BCUT2D eigenvalue weighted by Gasteiger charge is -2.17. The Morgan fingerprint density at radius 2 is 2.00 bits per heavy atom. The van der Waals surface area contributed by atoms with Crippen molar-refractivity contribution >= 4 is 17.7 Å². The van der Waals surface area contributed by atoms with Gasteiger partial charge in [0, 0.05) is 5.69 Å². The first kappa shape index (κ1) is 14.9. The second-order valence-corrected chi connectivity index (χ2v) is 4.12. The second kappa shape index (κ2) is 6.14. The van der Waals surface area contributed by atoms with Gasteiger partial charge in [0.2, 0.25) is 0 Å². The number of carbonyl (C=O) groups excluding carboxylic acids is 1. The van der Waals surface area contributed by atoms with E-state index in [9.17, 15) is 19.1 Å². The van der Waals surface area contributed by atoms with Gasteiger partial charge in [-0.25, -0.2) is 14.0 Å². The summed E-state index contributed by atoms with van der Waals surface area (Å²) in [4.78, 5) is 22.3. The second-order valence-electron chi connectivity index (χ2n) is 4.12. The largest absolute Gasteiger partial charge is 0.480 e. The molecule has 104 valence electrons. The van der Waals surface area contributed by atoms with Gasteiger partial charge in [-0.15, -0.1) is 0 Å². The molecule has 0 radical (unpaired) electrons. The number of anilines is 1. The number of nitrogens with one attached hydrogen (secondary N) is 2. The van der Waals surface area contributed by atoms with E-state index in [2.05, 4.69) is 10.6 Å². The number of hydrogen-bond acceptors (Lipinski definition) is 3.